The van der Waals surface area contributed by atoms with Crippen molar-refractivity contribution in [3.8, 4) is 5.69 Å². The first-order valence-corrected chi connectivity index (χ1v) is 7.56. The van der Waals surface area contributed by atoms with Crippen molar-refractivity contribution in [2.45, 2.75) is 38.8 Å². The van der Waals surface area contributed by atoms with Crippen LogP contribution in [-0.2, 0) is 4.74 Å². The van der Waals surface area contributed by atoms with Crippen LogP contribution in [0.5, 0.6) is 0 Å². The molecule has 1 aromatic heterocycles. The molecule has 0 saturated carbocycles. The van der Waals surface area contributed by atoms with Crippen LogP contribution in [-0.4, -0.2) is 33.5 Å². The van der Waals surface area contributed by atoms with Crippen LogP contribution in [0.2, 0.25) is 0 Å². The molecule has 3 rings (SSSR count). The summed E-state index contributed by atoms with van der Waals surface area (Å²) in [6, 6.07) is 8.65. The van der Waals surface area contributed by atoms with Crippen molar-refractivity contribution in [2.75, 3.05) is 11.9 Å². The molecular formula is C16H22N4O. The Morgan fingerprint density at radius 1 is 1.33 bits per heavy atom. The van der Waals surface area contributed by atoms with E-state index in [0.717, 1.165) is 30.8 Å². The standard InChI is InChI=1S/C16H22N4O/c1-12(2)16-9-13(7-8-21-16)19-14-5-3-4-6-15(14)20-11-17-10-18-20/h3-6,10-13,16,19H,7-9H2,1-2H3. The Morgan fingerprint density at radius 2 is 2.19 bits per heavy atom. The molecule has 2 heterocycles. The van der Waals surface area contributed by atoms with Crippen LogP contribution < -0.4 is 5.32 Å². The van der Waals surface area contributed by atoms with E-state index in [0.29, 0.717) is 18.1 Å². The molecule has 1 aliphatic rings. The van der Waals surface area contributed by atoms with Crippen LogP contribution in [0.4, 0.5) is 5.69 Å². The minimum Gasteiger partial charge on any atom is -0.380 e. The van der Waals surface area contributed by atoms with Crippen molar-refractivity contribution in [1.29, 1.82) is 0 Å². The van der Waals surface area contributed by atoms with Gasteiger partial charge in [-0.2, -0.15) is 5.10 Å². The smallest absolute Gasteiger partial charge is 0.138 e. The first-order chi connectivity index (χ1) is 10.2. The summed E-state index contributed by atoms with van der Waals surface area (Å²) in [5.74, 6) is 0.556. The Bertz CT molecular complexity index is 567. The summed E-state index contributed by atoms with van der Waals surface area (Å²) in [5, 5.41) is 7.88. The summed E-state index contributed by atoms with van der Waals surface area (Å²) >= 11 is 0. The summed E-state index contributed by atoms with van der Waals surface area (Å²) in [7, 11) is 0. The number of anilines is 1. The van der Waals surface area contributed by atoms with E-state index in [1.807, 2.05) is 12.1 Å². The lowest BCUT2D eigenvalue weighted by molar-refractivity contribution is -0.0160. The van der Waals surface area contributed by atoms with E-state index >= 15 is 0 Å². The van der Waals surface area contributed by atoms with Crippen molar-refractivity contribution in [2.24, 2.45) is 5.92 Å². The molecule has 1 aromatic carbocycles. The molecule has 0 radical (unpaired) electrons. The average molecular weight is 286 g/mol. The number of hydrogen-bond acceptors (Lipinski definition) is 4. The SMILES string of the molecule is CC(C)C1CC(Nc2ccccc2-n2cncn2)CCO1. The molecule has 112 valence electrons. The Labute approximate surface area is 125 Å². The lowest BCUT2D eigenvalue weighted by Gasteiger charge is -2.33. The van der Waals surface area contributed by atoms with E-state index in [1.165, 1.54) is 0 Å². The topological polar surface area (TPSA) is 52.0 Å². The second kappa shape index (κ2) is 6.26. The molecule has 5 heteroatoms. The van der Waals surface area contributed by atoms with Crippen molar-refractivity contribution in [3.63, 3.8) is 0 Å². The Morgan fingerprint density at radius 3 is 2.95 bits per heavy atom. The predicted octanol–water partition coefficient (Wildman–Crippen LogP) is 2.88. The molecule has 0 amide bonds. The van der Waals surface area contributed by atoms with Crippen LogP contribution in [0.25, 0.3) is 5.69 Å². The van der Waals surface area contributed by atoms with E-state index in [1.54, 1.807) is 17.3 Å². The zero-order valence-electron chi connectivity index (χ0n) is 12.6. The van der Waals surface area contributed by atoms with E-state index < -0.39 is 0 Å². The molecule has 2 unspecified atom stereocenters. The van der Waals surface area contributed by atoms with E-state index in [9.17, 15) is 0 Å². The lowest BCUT2D eigenvalue weighted by Crippen LogP contribution is -2.36. The molecule has 1 aliphatic heterocycles. The number of nitrogens with zero attached hydrogens (tertiary/aromatic N) is 3. The van der Waals surface area contributed by atoms with Crippen LogP contribution >= 0.6 is 0 Å². The van der Waals surface area contributed by atoms with Gasteiger partial charge in [-0.25, -0.2) is 9.67 Å². The molecule has 0 spiro atoms. The van der Waals surface area contributed by atoms with Crippen molar-refractivity contribution < 1.29 is 4.74 Å². The molecular weight excluding hydrogens is 264 g/mol. The lowest BCUT2D eigenvalue weighted by atomic mass is 9.95. The summed E-state index contributed by atoms with van der Waals surface area (Å²) in [4.78, 5) is 4.03. The quantitative estimate of drug-likeness (QED) is 0.939. The maximum Gasteiger partial charge on any atom is 0.138 e. The van der Waals surface area contributed by atoms with Gasteiger partial charge in [0, 0.05) is 12.6 Å². The monoisotopic (exact) mass is 286 g/mol. The van der Waals surface area contributed by atoms with Gasteiger partial charge in [0.25, 0.3) is 0 Å². The molecule has 1 fully saturated rings. The largest absolute Gasteiger partial charge is 0.380 e. The molecule has 0 aliphatic carbocycles. The fraction of sp³-hybridized carbons (Fsp3) is 0.500. The molecule has 0 bridgehead atoms. The highest BCUT2D eigenvalue weighted by Gasteiger charge is 2.25. The third-order valence-corrected chi connectivity index (χ3v) is 3.99. The van der Waals surface area contributed by atoms with Gasteiger partial charge >= 0.3 is 0 Å². The second-order valence-corrected chi connectivity index (χ2v) is 5.88. The Balaban J connectivity index is 1.76. The summed E-state index contributed by atoms with van der Waals surface area (Å²) in [6.45, 7) is 5.26. The number of para-hydroxylation sites is 2. The highest BCUT2D eigenvalue weighted by Crippen LogP contribution is 2.26. The van der Waals surface area contributed by atoms with E-state index in [4.69, 9.17) is 4.74 Å². The first kappa shape index (κ1) is 14.1. The Kier molecular flexibility index (Phi) is 4.20. The molecule has 2 atom stereocenters. The van der Waals surface area contributed by atoms with Crippen LogP contribution in [0, 0.1) is 5.92 Å². The predicted molar refractivity (Wildman–Crippen MR) is 82.6 cm³/mol. The maximum absolute atomic E-state index is 5.84. The normalized spacial score (nSPS) is 22.4. The average Bonchev–Trinajstić information content (AvgIpc) is 3.02. The van der Waals surface area contributed by atoms with Gasteiger partial charge in [-0.1, -0.05) is 26.0 Å². The fourth-order valence-electron chi connectivity index (χ4n) is 2.77. The number of nitrogens with one attached hydrogen (secondary N) is 1. The molecule has 1 N–H and O–H groups in total. The fourth-order valence-corrected chi connectivity index (χ4v) is 2.77. The zero-order chi connectivity index (χ0) is 14.7. The van der Waals surface area contributed by atoms with Crippen molar-refractivity contribution in [3.05, 3.63) is 36.9 Å². The number of rotatable bonds is 4. The minimum absolute atomic E-state index is 0.342. The van der Waals surface area contributed by atoms with Gasteiger partial charge in [-0.15, -0.1) is 0 Å². The Hall–Kier alpha value is -1.88. The number of benzene rings is 1. The third-order valence-electron chi connectivity index (χ3n) is 3.99. The summed E-state index contributed by atoms with van der Waals surface area (Å²) < 4.78 is 7.64. The van der Waals surface area contributed by atoms with Gasteiger partial charge < -0.3 is 10.1 Å². The van der Waals surface area contributed by atoms with Gasteiger partial charge in [0.2, 0.25) is 0 Å². The van der Waals surface area contributed by atoms with Gasteiger partial charge in [0.1, 0.15) is 12.7 Å². The molecule has 2 aromatic rings. The van der Waals surface area contributed by atoms with Crippen LogP contribution in [0.3, 0.4) is 0 Å². The van der Waals surface area contributed by atoms with Gasteiger partial charge in [-0.05, 0) is 30.9 Å². The third kappa shape index (κ3) is 3.24. The van der Waals surface area contributed by atoms with Gasteiger partial charge in [0.05, 0.1) is 17.5 Å². The molecule has 21 heavy (non-hydrogen) atoms. The minimum atomic E-state index is 0.342. The van der Waals surface area contributed by atoms with Gasteiger partial charge in [-0.3, -0.25) is 0 Å². The highest BCUT2D eigenvalue weighted by atomic mass is 16.5. The number of hydrogen-bond donors (Lipinski definition) is 1. The first-order valence-electron chi connectivity index (χ1n) is 7.56. The van der Waals surface area contributed by atoms with Crippen molar-refractivity contribution >= 4 is 5.69 Å². The van der Waals surface area contributed by atoms with Crippen LogP contribution in [0.1, 0.15) is 26.7 Å². The molecule has 5 nitrogen and oxygen atoms in total. The maximum atomic E-state index is 5.84. The number of ether oxygens (including phenoxy) is 1. The summed E-state index contributed by atoms with van der Waals surface area (Å²) in [5.41, 5.74) is 2.12. The van der Waals surface area contributed by atoms with Crippen LogP contribution in [0.15, 0.2) is 36.9 Å². The van der Waals surface area contributed by atoms with E-state index in [-0.39, 0.29) is 0 Å². The number of aromatic nitrogens is 3. The summed E-state index contributed by atoms with van der Waals surface area (Å²) in [6.07, 6.45) is 5.70. The van der Waals surface area contributed by atoms with Crippen molar-refractivity contribution in [1.82, 2.24) is 14.8 Å². The molecule has 1 saturated heterocycles. The second-order valence-electron chi connectivity index (χ2n) is 5.88. The highest BCUT2D eigenvalue weighted by molar-refractivity contribution is 5.60. The van der Waals surface area contributed by atoms with E-state index in [2.05, 4.69) is 41.4 Å². The van der Waals surface area contributed by atoms with Gasteiger partial charge in [0.15, 0.2) is 0 Å². The zero-order valence-corrected chi connectivity index (χ0v) is 12.6.